The minimum Gasteiger partial charge on any atom is -0.378 e. The summed E-state index contributed by atoms with van der Waals surface area (Å²) >= 11 is 0. The molecule has 3 rings (SSSR count). The molecule has 0 atom stereocenters. The van der Waals surface area contributed by atoms with Crippen molar-refractivity contribution >= 4 is 16.9 Å². The number of anilines is 1. The number of hydrogen-bond acceptors (Lipinski definition) is 4. The molecule has 0 saturated carbocycles. The Kier molecular flexibility index (Phi) is 3.35. The molecule has 0 amide bonds. The molecule has 120 valence electrons. The summed E-state index contributed by atoms with van der Waals surface area (Å²) < 4.78 is 4.24. The first-order valence-electron chi connectivity index (χ1n) is 7.23. The van der Waals surface area contributed by atoms with Gasteiger partial charge in [0.05, 0.1) is 0 Å². The van der Waals surface area contributed by atoms with Crippen molar-refractivity contribution in [2.24, 2.45) is 21.1 Å². The number of imidazole rings is 1. The van der Waals surface area contributed by atoms with Gasteiger partial charge in [-0.25, -0.2) is 9.78 Å². The average Bonchev–Trinajstić information content (AvgIpc) is 2.88. The van der Waals surface area contributed by atoms with Crippen LogP contribution in [0.25, 0.3) is 22.6 Å². The number of rotatable bonds is 2. The van der Waals surface area contributed by atoms with E-state index in [0.29, 0.717) is 17.0 Å². The highest BCUT2D eigenvalue weighted by Crippen LogP contribution is 2.23. The van der Waals surface area contributed by atoms with Gasteiger partial charge in [-0.3, -0.25) is 13.9 Å². The lowest BCUT2D eigenvalue weighted by molar-refractivity contribution is 0.705. The van der Waals surface area contributed by atoms with Crippen molar-refractivity contribution < 1.29 is 0 Å². The normalized spacial score (nSPS) is 11.2. The summed E-state index contributed by atoms with van der Waals surface area (Å²) in [5, 5.41) is 0. The van der Waals surface area contributed by atoms with Gasteiger partial charge in [0, 0.05) is 46.5 Å². The second-order valence-electron chi connectivity index (χ2n) is 5.81. The zero-order valence-corrected chi connectivity index (χ0v) is 13.9. The number of hydrogen-bond donors (Lipinski definition) is 0. The molecule has 7 nitrogen and oxygen atoms in total. The molecule has 0 bridgehead atoms. The van der Waals surface area contributed by atoms with Gasteiger partial charge in [0.15, 0.2) is 11.2 Å². The van der Waals surface area contributed by atoms with Gasteiger partial charge in [0.1, 0.15) is 5.82 Å². The van der Waals surface area contributed by atoms with Crippen LogP contribution in [-0.4, -0.2) is 32.8 Å². The molecule has 0 aliphatic carbocycles. The van der Waals surface area contributed by atoms with E-state index in [1.807, 2.05) is 43.3 Å². The standard InChI is InChI=1S/C16H19N5O2/c1-18(2)11-8-6-10(7-9-11)13-17-14-12(19(13)3)15(22)21(5)16(23)20(14)4/h6-9H,1-5H3. The Labute approximate surface area is 133 Å². The summed E-state index contributed by atoms with van der Waals surface area (Å²) in [6, 6.07) is 7.90. The minimum absolute atomic E-state index is 0.339. The van der Waals surface area contributed by atoms with Crippen LogP contribution in [0.4, 0.5) is 5.69 Å². The summed E-state index contributed by atoms with van der Waals surface area (Å²) in [5.74, 6) is 0.656. The van der Waals surface area contributed by atoms with Gasteiger partial charge in [-0.1, -0.05) is 0 Å². The molecule has 0 aliphatic rings. The second kappa shape index (κ2) is 5.12. The van der Waals surface area contributed by atoms with Crippen molar-refractivity contribution in [2.45, 2.75) is 0 Å². The van der Waals surface area contributed by atoms with Gasteiger partial charge >= 0.3 is 5.69 Å². The number of aryl methyl sites for hydroxylation is 2. The van der Waals surface area contributed by atoms with E-state index in [0.717, 1.165) is 15.8 Å². The molecule has 23 heavy (non-hydrogen) atoms. The molecule has 7 heteroatoms. The first kappa shape index (κ1) is 15.1. The molecule has 2 aromatic heterocycles. The van der Waals surface area contributed by atoms with E-state index >= 15 is 0 Å². The van der Waals surface area contributed by atoms with Crippen LogP contribution in [0.5, 0.6) is 0 Å². The van der Waals surface area contributed by atoms with E-state index in [2.05, 4.69) is 4.98 Å². The van der Waals surface area contributed by atoms with Crippen LogP contribution in [0.3, 0.4) is 0 Å². The van der Waals surface area contributed by atoms with Gasteiger partial charge < -0.3 is 9.47 Å². The SMILES string of the molecule is CN(C)c1ccc(-c2nc3c(c(=O)n(C)c(=O)n3C)n2C)cc1. The maximum atomic E-state index is 12.4. The van der Waals surface area contributed by atoms with E-state index < -0.39 is 0 Å². The highest BCUT2D eigenvalue weighted by atomic mass is 16.2. The fraction of sp³-hybridized carbons (Fsp3) is 0.312. The van der Waals surface area contributed by atoms with Crippen molar-refractivity contribution in [3.8, 4) is 11.4 Å². The molecule has 0 radical (unpaired) electrons. The molecule has 0 unspecified atom stereocenters. The zero-order chi connectivity index (χ0) is 16.9. The maximum Gasteiger partial charge on any atom is 0.332 e. The first-order chi connectivity index (χ1) is 10.8. The maximum absolute atomic E-state index is 12.4. The number of nitrogens with zero attached hydrogens (tertiary/aromatic N) is 5. The molecule has 1 aromatic carbocycles. The molecule has 0 spiro atoms. The molecule has 0 fully saturated rings. The smallest absolute Gasteiger partial charge is 0.332 e. The van der Waals surface area contributed by atoms with Gasteiger partial charge in [0.2, 0.25) is 0 Å². The quantitative estimate of drug-likeness (QED) is 0.699. The Morgan fingerprint density at radius 1 is 0.913 bits per heavy atom. The predicted octanol–water partition coefficient (Wildman–Crippen LogP) is 0.704. The van der Waals surface area contributed by atoms with E-state index in [4.69, 9.17) is 0 Å². The number of fused-ring (bicyclic) bond motifs is 1. The third kappa shape index (κ3) is 2.16. The monoisotopic (exact) mass is 313 g/mol. The van der Waals surface area contributed by atoms with Gasteiger partial charge in [-0.15, -0.1) is 0 Å². The van der Waals surface area contributed by atoms with Crippen LogP contribution < -0.4 is 16.1 Å². The molecule has 0 N–H and O–H groups in total. The van der Waals surface area contributed by atoms with Crippen molar-refractivity contribution in [1.29, 1.82) is 0 Å². The van der Waals surface area contributed by atoms with Crippen molar-refractivity contribution in [3.63, 3.8) is 0 Å². The van der Waals surface area contributed by atoms with Crippen LogP contribution in [0.15, 0.2) is 33.9 Å². The van der Waals surface area contributed by atoms with Gasteiger partial charge in [0.25, 0.3) is 5.56 Å². The second-order valence-corrected chi connectivity index (χ2v) is 5.81. The predicted molar refractivity (Wildman–Crippen MR) is 91.0 cm³/mol. The average molecular weight is 313 g/mol. The van der Waals surface area contributed by atoms with Gasteiger partial charge in [-0.2, -0.15) is 0 Å². The molecule has 0 saturated heterocycles. The highest BCUT2D eigenvalue weighted by molar-refractivity contribution is 5.77. The lowest BCUT2D eigenvalue weighted by Gasteiger charge is -2.12. The van der Waals surface area contributed by atoms with Crippen LogP contribution >= 0.6 is 0 Å². The van der Waals surface area contributed by atoms with Crippen LogP contribution in [0, 0.1) is 0 Å². The summed E-state index contributed by atoms with van der Waals surface area (Å²) in [4.78, 5) is 31.0. The topological polar surface area (TPSA) is 65.1 Å². The Balaban J connectivity index is 2.30. The highest BCUT2D eigenvalue weighted by Gasteiger charge is 2.17. The third-order valence-electron chi connectivity index (χ3n) is 4.12. The van der Waals surface area contributed by atoms with E-state index in [1.54, 1.807) is 18.7 Å². The molecular formula is C16H19N5O2. The molecule has 2 heterocycles. The lowest BCUT2D eigenvalue weighted by Crippen LogP contribution is -2.37. The van der Waals surface area contributed by atoms with Crippen molar-refractivity contribution in [3.05, 3.63) is 45.1 Å². The number of aromatic nitrogens is 4. The first-order valence-corrected chi connectivity index (χ1v) is 7.23. The van der Waals surface area contributed by atoms with E-state index in [-0.39, 0.29) is 11.2 Å². The summed E-state index contributed by atoms with van der Waals surface area (Å²) in [7, 11) is 8.84. The number of benzene rings is 1. The van der Waals surface area contributed by atoms with Crippen LogP contribution in [0.1, 0.15) is 0 Å². The summed E-state index contributed by atoms with van der Waals surface area (Å²) in [6.07, 6.45) is 0. The Hall–Kier alpha value is -2.83. The fourth-order valence-electron chi connectivity index (χ4n) is 2.69. The Morgan fingerprint density at radius 3 is 2.09 bits per heavy atom. The Bertz CT molecular complexity index is 1010. The zero-order valence-electron chi connectivity index (χ0n) is 13.9. The minimum atomic E-state index is -0.380. The third-order valence-corrected chi connectivity index (χ3v) is 4.12. The molecule has 0 aliphatic heterocycles. The van der Waals surface area contributed by atoms with Crippen LogP contribution in [0.2, 0.25) is 0 Å². The van der Waals surface area contributed by atoms with Crippen molar-refractivity contribution in [2.75, 3.05) is 19.0 Å². The van der Waals surface area contributed by atoms with Gasteiger partial charge in [-0.05, 0) is 24.3 Å². The van der Waals surface area contributed by atoms with E-state index in [1.165, 1.54) is 11.6 Å². The lowest BCUT2D eigenvalue weighted by atomic mass is 10.2. The van der Waals surface area contributed by atoms with E-state index in [9.17, 15) is 9.59 Å². The summed E-state index contributed by atoms with van der Waals surface area (Å²) in [5.41, 5.74) is 2.07. The summed E-state index contributed by atoms with van der Waals surface area (Å²) in [6.45, 7) is 0. The van der Waals surface area contributed by atoms with Crippen LogP contribution in [-0.2, 0) is 21.1 Å². The largest absolute Gasteiger partial charge is 0.378 e. The molecular weight excluding hydrogens is 294 g/mol. The molecule has 3 aromatic rings. The van der Waals surface area contributed by atoms with Crippen molar-refractivity contribution in [1.82, 2.24) is 18.7 Å². The fourth-order valence-corrected chi connectivity index (χ4v) is 2.69. The Morgan fingerprint density at radius 2 is 1.52 bits per heavy atom.